The number of nitro groups is 1. The van der Waals surface area contributed by atoms with Crippen molar-refractivity contribution in [1.82, 2.24) is 0 Å². The molecule has 98 valence electrons. The van der Waals surface area contributed by atoms with Crippen LogP contribution in [0.1, 0.15) is 0 Å². The van der Waals surface area contributed by atoms with Gasteiger partial charge in [0.15, 0.2) is 0 Å². The molecule has 4 nitrogen and oxygen atoms in total. The van der Waals surface area contributed by atoms with Gasteiger partial charge in [0.1, 0.15) is 5.75 Å². The van der Waals surface area contributed by atoms with Crippen molar-refractivity contribution in [1.29, 1.82) is 0 Å². The van der Waals surface area contributed by atoms with Crippen LogP contribution in [0.25, 0.3) is 0 Å². The van der Waals surface area contributed by atoms with Gasteiger partial charge >= 0.3 is 5.69 Å². The Morgan fingerprint density at radius 2 is 1.63 bits per heavy atom. The van der Waals surface area contributed by atoms with Crippen molar-refractivity contribution < 1.29 is 9.66 Å². The largest absolute Gasteiger partial charge is 0.448 e. The maximum absolute atomic E-state index is 10.9. The normalized spacial score (nSPS) is 10.3. The van der Waals surface area contributed by atoms with Gasteiger partial charge in [-0.2, -0.15) is 0 Å². The molecule has 0 aromatic heterocycles. The molecule has 19 heavy (non-hydrogen) atoms. The Morgan fingerprint density at radius 1 is 1.05 bits per heavy atom. The van der Waals surface area contributed by atoms with Gasteiger partial charge in [0.25, 0.3) is 0 Å². The molecule has 0 spiro atoms. The molecule has 7 heteroatoms. The molecule has 2 aromatic rings. The average molecular weight is 407 g/mol. The van der Waals surface area contributed by atoms with Gasteiger partial charge in [0, 0.05) is 21.1 Å². The highest BCUT2D eigenvalue weighted by Crippen LogP contribution is 2.37. The predicted molar refractivity (Wildman–Crippen MR) is 80.0 cm³/mol. The average Bonchev–Trinajstić information content (AvgIpc) is 2.33. The van der Waals surface area contributed by atoms with E-state index in [1.807, 2.05) is 0 Å². The fourth-order valence-electron chi connectivity index (χ4n) is 1.39. The van der Waals surface area contributed by atoms with Gasteiger partial charge < -0.3 is 4.74 Å². The molecule has 0 atom stereocenters. The molecule has 0 aliphatic rings. The molecule has 0 heterocycles. The minimum atomic E-state index is -0.506. The minimum absolute atomic E-state index is 0.124. The minimum Gasteiger partial charge on any atom is -0.448 e. The maximum Gasteiger partial charge on any atom is 0.311 e. The molecular weight excluding hydrogens is 401 g/mol. The molecule has 0 saturated carbocycles. The van der Waals surface area contributed by atoms with E-state index in [0.717, 1.165) is 4.47 Å². The van der Waals surface area contributed by atoms with Gasteiger partial charge in [-0.3, -0.25) is 10.1 Å². The zero-order valence-electron chi connectivity index (χ0n) is 9.27. The SMILES string of the molecule is O=[N+]([O-])c1ccc(Br)cc1Oc1cc(Br)ccc1Cl. The van der Waals surface area contributed by atoms with Crippen molar-refractivity contribution in [3.8, 4) is 11.5 Å². The molecular formula is C12H6Br2ClNO3. The van der Waals surface area contributed by atoms with Crippen LogP contribution in [0.2, 0.25) is 5.02 Å². The third-order valence-electron chi connectivity index (χ3n) is 2.23. The van der Waals surface area contributed by atoms with E-state index in [4.69, 9.17) is 16.3 Å². The summed E-state index contributed by atoms with van der Waals surface area (Å²) in [5, 5.41) is 11.3. The highest BCUT2D eigenvalue weighted by Gasteiger charge is 2.17. The zero-order valence-corrected chi connectivity index (χ0v) is 13.2. The second kappa shape index (κ2) is 5.90. The van der Waals surface area contributed by atoms with Crippen LogP contribution in [0.4, 0.5) is 5.69 Å². The molecule has 0 saturated heterocycles. The lowest BCUT2D eigenvalue weighted by Crippen LogP contribution is -1.94. The fraction of sp³-hybridized carbons (Fsp3) is 0. The first kappa shape index (κ1) is 14.3. The molecule has 2 aromatic carbocycles. The van der Waals surface area contributed by atoms with Crippen molar-refractivity contribution in [2.75, 3.05) is 0 Å². The predicted octanol–water partition coefficient (Wildman–Crippen LogP) is 5.57. The Kier molecular flexibility index (Phi) is 4.44. The standard InChI is InChI=1S/C12H6Br2ClNO3/c13-7-1-3-9(15)11(5-7)19-12-6-8(14)2-4-10(12)16(17)18/h1-6H. The summed E-state index contributed by atoms with van der Waals surface area (Å²) >= 11 is 12.5. The Hall–Kier alpha value is -1.11. The van der Waals surface area contributed by atoms with E-state index in [2.05, 4.69) is 31.9 Å². The summed E-state index contributed by atoms with van der Waals surface area (Å²) < 4.78 is 6.98. The second-order valence-corrected chi connectivity index (χ2v) is 5.78. The highest BCUT2D eigenvalue weighted by atomic mass is 79.9. The summed E-state index contributed by atoms with van der Waals surface area (Å²) in [5.41, 5.74) is -0.126. The Bertz CT molecular complexity index is 649. The number of hydrogen-bond donors (Lipinski definition) is 0. The van der Waals surface area contributed by atoms with E-state index >= 15 is 0 Å². The Morgan fingerprint density at radius 3 is 2.26 bits per heavy atom. The number of nitrogens with zero attached hydrogens (tertiary/aromatic N) is 1. The van der Waals surface area contributed by atoms with Crippen LogP contribution < -0.4 is 4.74 Å². The first-order valence-electron chi connectivity index (χ1n) is 5.04. The number of hydrogen-bond acceptors (Lipinski definition) is 3. The second-order valence-electron chi connectivity index (χ2n) is 3.55. The van der Waals surface area contributed by atoms with Crippen LogP contribution in [-0.4, -0.2) is 4.92 Å². The van der Waals surface area contributed by atoms with E-state index in [1.54, 1.807) is 24.3 Å². The number of nitro benzene ring substituents is 1. The van der Waals surface area contributed by atoms with Gasteiger partial charge in [-0.05, 0) is 24.3 Å². The monoisotopic (exact) mass is 405 g/mol. The summed E-state index contributed by atoms with van der Waals surface area (Å²) in [6, 6.07) is 9.51. The van der Waals surface area contributed by atoms with Gasteiger partial charge in [-0.1, -0.05) is 43.5 Å². The van der Waals surface area contributed by atoms with Crippen LogP contribution in [0, 0.1) is 10.1 Å². The molecule has 0 unspecified atom stereocenters. The van der Waals surface area contributed by atoms with Crippen LogP contribution in [0.3, 0.4) is 0 Å². The summed E-state index contributed by atoms with van der Waals surface area (Å²) in [5.74, 6) is 0.469. The lowest BCUT2D eigenvalue weighted by atomic mass is 10.3. The van der Waals surface area contributed by atoms with Crippen molar-refractivity contribution in [2.24, 2.45) is 0 Å². The summed E-state index contributed by atoms with van der Waals surface area (Å²) in [6.07, 6.45) is 0. The molecule has 0 bridgehead atoms. The zero-order chi connectivity index (χ0) is 14.0. The lowest BCUT2D eigenvalue weighted by molar-refractivity contribution is -0.385. The summed E-state index contributed by atoms with van der Waals surface area (Å²) in [4.78, 5) is 10.4. The van der Waals surface area contributed by atoms with Gasteiger partial charge in [0.2, 0.25) is 5.75 Å². The van der Waals surface area contributed by atoms with Gasteiger partial charge in [-0.25, -0.2) is 0 Å². The number of benzene rings is 2. The van der Waals surface area contributed by atoms with E-state index in [1.165, 1.54) is 12.1 Å². The number of ether oxygens (including phenoxy) is 1. The van der Waals surface area contributed by atoms with E-state index < -0.39 is 4.92 Å². The molecule has 0 aliphatic carbocycles. The van der Waals surface area contributed by atoms with E-state index in [0.29, 0.717) is 15.2 Å². The Balaban J connectivity index is 2.45. The summed E-state index contributed by atoms with van der Waals surface area (Å²) in [6.45, 7) is 0. The van der Waals surface area contributed by atoms with Crippen molar-refractivity contribution in [3.05, 3.63) is 60.5 Å². The molecule has 0 N–H and O–H groups in total. The molecule has 2 rings (SSSR count). The summed E-state index contributed by atoms with van der Waals surface area (Å²) in [7, 11) is 0. The van der Waals surface area contributed by atoms with Gasteiger partial charge in [0.05, 0.1) is 9.95 Å². The molecule has 0 aliphatic heterocycles. The lowest BCUT2D eigenvalue weighted by Gasteiger charge is -2.08. The molecule has 0 amide bonds. The first-order chi connectivity index (χ1) is 8.97. The van der Waals surface area contributed by atoms with Crippen molar-refractivity contribution in [3.63, 3.8) is 0 Å². The van der Waals surface area contributed by atoms with Crippen molar-refractivity contribution in [2.45, 2.75) is 0 Å². The van der Waals surface area contributed by atoms with Gasteiger partial charge in [-0.15, -0.1) is 0 Å². The Labute approximate surface area is 130 Å². The van der Waals surface area contributed by atoms with Crippen LogP contribution in [0.15, 0.2) is 45.3 Å². The van der Waals surface area contributed by atoms with E-state index in [-0.39, 0.29) is 11.4 Å². The maximum atomic E-state index is 10.9. The molecule has 0 radical (unpaired) electrons. The highest BCUT2D eigenvalue weighted by molar-refractivity contribution is 9.10. The molecule has 0 fully saturated rings. The fourth-order valence-corrected chi connectivity index (χ4v) is 2.23. The first-order valence-corrected chi connectivity index (χ1v) is 7.00. The van der Waals surface area contributed by atoms with Crippen molar-refractivity contribution >= 4 is 49.1 Å². The topological polar surface area (TPSA) is 52.4 Å². The van der Waals surface area contributed by atoms with Crippen LogP contribution in [-0.2, 0) is 0 Å². The number of halogens is 3. The van der Waals surface area contributed by atoms with Crippen LogP contribution >= 0.6 is 43.5 Å². The third kappa shape index (κ3) is 3.46. The quantitative estimate of drug-likeness (QED) is 0.494. The smallest absolute Gasteiger partial charge is 0.311 e. The number of rotatable bonds is 3. The van der Waals surface area contributed by atoms with E-state index in [9.17, 15) is 10.1 Å². The third-order valence-corrected chi connectivity index (χ3v) is 3.53. The van der Waals surface area contributed by atoms with Crippen LogP contribution in [0.5, 0.6) is 11.5 Å².